The Morgan fingerprint density at radius 3 is 2.53 bits per heavy atom. The topological polar surface area (TPSA) is 29.1 Å². The van der Waals surface area contributed by atoms with E-state index in [0.29, 0.717) is 5.78 Å². The zero-order chi connectivity index (χ0) is 13.3. The van der Waals surface area contributed by atoms with Crippen LogP contribution in [0.1, 0.15) is 53.6 Å². The third-order valence-corrected chi connectivity index (χ3v) is 4.92. The van der Waals surface area contributed by atoms with E-state index in [1.54, 1.807) is 0 Å². The number of Topliss-reactive ketones (excluding diaryl/α,β-unsaturated/α-hetero) is 1. The Morgan fingerprint density at radius 2 is 1.89 bits per heavy atom. The SMILES string of the molecule is CNCC1(C(=O)c2ccc3c(c2)CCCC3)CCC1. The number of hydrogen-bond acceptors (Lipinski definition) is 2. The minimum absolute atomic E-state index is 0.113. The second-order valence-corrected chi connectivity index (χ2v) is 6.18. The molecule has 0 spiro atoms. The van der Waals surface area contributed by atoms with Crippen molar-refractivity contribution >= 4 is 5.78 Å². The number of hydrogen-bond donors (Lipinski definition) is 1. The molecule has 0 bridgehead atoms. The number of carbonyl (C=O) groups excluding carboxylic acids is 1. The van der Waals surface area contributed by atoms with Gasteiger partial charge in [-0.05, 0) is 62.8 Å². The van der Waals surface area contributed by atoms with E-state index in [2.05, 4.69) is 23.5 Å². The predicted molar refractivity (Wildman–Crippen MR) is 77.6 cm³/mol. The second kappa shape index (κ2) is 5.09. The van der Waals surface area contributed by atoms with Crippen molar-refractivity contribution in [3.63, 3.8) is 0 Å². The molecule has 3 rings (SSSR count). The van der Waals surface area contributed by atoms with E-state index in [0.717, 1.165) is 31.4 Å². The number of fused-ring (bicyclic) bond motifs is 1. The molecule has 2 nitrogen and oxygen atoms in total. The standard InChI is InChI=1S/C17H23NO/c1-18-12-17(9-4-10-17)16(19)15-8-7-13-5-2-3-6-14(13)11-15/h7-8,11,18H,2-6,9-10,12H2,1H3. The summed E-state index contributed by atoms with van der Waals surface area (Å²) in [6.45, 7) is 0.822. The number of ketones is 1. The molecular weight excluding hydrogens is 234 g/mol. The summed E-state index contributed by atoms with van der Waals surface area (Å²) < 4.78 is 0. The first-order valence-electron chi connectivity index (χ1n) is 7.56. The minimum Gasteiger partial charge on any atom is -0.319 e. The number of nitrogens with one attached hydrogen (secondary N) is 1. The highest BCUT2D eigenvalue weighted by Gasteiger charge is 2.43. The third-order valence-electron chi connectivity index (χ3n) is 4.92. The Kier molecular flexibility index (Phi) is 3.44. The molecule has 1 saturated carbocycles. The fourth-order valence-electron chi connectivity index (χ4n) is 3.61. The summed E-state index contributed by atoms with van der Waals surface area (Å²) in [5, 5.41) is 3.20. The van der Waals surface area contributed by atoms with Crippen molar-refractivity contribution in [2.45, 2.75) is 44.9 Å². The van der Waals surface area contributed by atoms with Gasteiger partial charge in [0.05, 0.1) is 0 Å². The van der Waals surface area contributed by atoms with Crippen molar-refractivity contribution in [1.29, 1.82) is 0 Å². The lowest BCUT2D eigenvalue weighted by Gasteiger charge is -2.40. The molecule has 19 heavy (non-hydrogen) atoms. The summed E-state index contributed by atoms with van der Waals surface area (Å²) in [6, 6.07) is 6.42. The second-order valence-electron chi connectivity index (χ2n) is 6.18. The van der Waals surface area contributed by atoms with Gasteiger partial charge in [0.1, 0.15) is 0 Å². The molecule has 2 heteroatoms. The van der Waals surface area contributed by atoms with E-state index in [4.69, 9.17) is 0 Å². The van der Waals surface area contributed by atoms with Crippen LogP contribution in [-0.2, 0) is 12.8 Å². The maximum absolute atomic E-state index is 12.8. The number of benzene rings is 1. The molecule has 0 amide bonds. The maximum Gasteiger partial charge on any atom is 0.170 e. The highest BCUT2D eigenvalue weighted by molar-refractivity contribution is 6.01. The van der Waals surface area contributed by atoms with E-state index in [-0.39, 0.29) is 5.41 Å². The Hall–Kier alpha value is -1.15. The maximum atomic E-state index is 12.8. The van der Waals surface area contributed by atoms with Gasteiger partial charge < -0.3 is 5.32 Å². The molecule has 0 aromatic heterocycles. The van der Waals surface area contributed by atoms with Crippen molar-refractivity contribution in [2.24, 2.45) is 5.41 Å². The van der Waals surface area contributed by atoms with E-state index in [9.17, 15) is 4.79 Å². The third kappa shape index (κ3) is 2.23. The first-order chi connectivity index (χ1) is 9.25. The average molecular weight is 257 g/mol. The molecule has 0 aliphatic heterocycles. The van der Waals surface area contributed by atoms with E-state index in [1.807, 2.05) is 7.05 Å². The molecule has 1 fully saturated rings. The van der Waals surface area contributed by atoms with Crippen LogP contribution in [0, 0.1) is 5.41 Å². The average Bonchev–Trinajstić information content (AvgIpc) is 2.41. The Bertz CT molecular complexity index is 488. The molecule has 2 aliphatic carbocycles. The molecule has 0 saturated heterocycles. The van der Waals surface area contributed by atoms with Gasteiger partial charge in [-0.2, -0.15) is 0 Å². The quantitative estimate of drug-likeness (QED) is 0.840. The molecular formula is C17H23NO. The Balaban J connectivity index is 1.87. The highest BCUT2D eigenvalue weighted by atomic mass is 16.1. The largest absolute Gasteiger partial charge is 0.319 e. The summed E-state index contributed by atoms with van der Waals surface area (Å²) in [5.74, 6) is 0.362. The lowest BCUT2D eigenvalue weighted by molar-refractivity contribution is 0.0614. The van der Waals surface area contributed by atoms with Gasteiger partial charge in [0.15, 0.2) is 5.78 Å². The van der Waals surface area contributed by atoms with Crippen molar-refractivity contribution in [1.82, 2.24) is 5.32 Å². The lowest BCUT2D eigenvalue weighted by atomic mass is 9.64. The lowest BCUT2D eigenvalue weighted by Crippen LogP contribution is -2.45. The summed E-state index contributed by atoms with van der Waals surface area (Å²) in [7, 11) is 1.94. The van der Waals surface area contributed by atoms with Crippen molar-refractivity contribution < 1.29 is 4.79 Å². The van der Waals surface area contributed by atoms with Gasteiger partial charge in [-0.15, -0.1) is 0 Å². The van der Waals surface area contributed by atoms with Crippen LogP contribution in [0.4, 0.5) is 0 Å². The van der Waals surface area contributed by atoms with Crippen LogP contribution in [0.5, 0.6) is 0 Å². The molecule has 102 valence electrons. The molecule has 0 heterocycles. The molecule has 1 aromatic carbocycles. The highest BCUT2D eigenvalue weighted by Crippen LogP contribution is 2.43. The monoisotopic (exact) mass is 257 g/mol. The van der Waals surface area contributed by atoms with Crippen LogP contribution < -0.4 is 5.32 Å². The first-order valence-corrected chi connectivity index (χ1v) is 7.56. The zero-order valence-corrected chi connectivity index (χ0v) is 11.8. The first kappa shape index (κ1) is 12.9. The molecule has 0 atom stereocenters. The predicted octanol–water partition coefficient (Wildman–Crippen LogP) is 3.14. The van der Waals surface area contributed by atoms with Crippen LogP contribution in [-0.4, -0.2) is 19.4 Å². The smallest absolute Gasteiger partial charge is 0.170 e. The number of carbonyl (C=O) groups is 1. The van der Waals surface area contributed by atoms with Gasteiger partial charge in [0.25, 0.3) is 0 Å². The van der Waals surface area contributed by atoms with Crippen LogP contribution in [0.2, 0.25) is 0 Å². The number of aryl methyl sites for hydroxylation is 2. The van der Waals surface area contributed by atoms with E-state index >= 15 is 0 Å². The fourth-order valence-corrected chi connectivity index (χ4v) is 3.61. The summed E-state index contributed by atoms with van der Waals surface area (Å²) >= 11 is 0. The summed E-state index contributed by atoms with van der Waals surface area (Å²) in [4.78, 5) is 12.8. The van der Waals surface area contributed by atoms with Crippen LogP contribution in [0.25, 0.3) is 0 Å². The zero-order valence-electron chi connectivity index (χ0n) is 11.8. The van der Waals surface area contributed by atoms with Crippen LogP contribution >= 0.6 is 0 Å². The Labute approximate surface area is 115 Å². The molecule has 2 aliphatic rings. The molecule has 1 aromatic rings. The van der Waals surface area contributed by atoms with Crippen molar-refractivity contribution in [3.05, 3.63) is 34.9 Å². The minimum atomic E-state index is -0.113. The molecule has 1 N–H and O–H groups in total. The van der Waals surface area contributed by atoms with Gasteiger partial charge in [-0.1, -0.05) is 18.6 Å². The molecule has 0 unspecified atom stereocenters. The van der Waals surface area contributed by atoms with Gasteiger partial charge in [0, 0.05) is 17.5 Å². The molecule has 0 radical (unpaired) electrons. The summed E-state index contributed by atoms with van der Waals surface area (Å²) in [6.07, 6.45) is 8.18. The summed E-state index contributed by atoms with van der Waals surface area (Å²) in [5.41, 5.74) is 3.70. The van der Waals surface area contributed by atoms with Gasteiger partial charge in [0.2, 0.25) is 0 Å². The normalized spacial score (nSPS) is 20.5. The van der Waals surface area contributed by atoms with Gasteiger partial charge >= 0.3 is 0 Å². The fraction of sp³-hybridized carbons (Fsp3) is 0.588. The van der Waals surface area contributed by atoms with E-state index < -0.39 is 0 Å². The van der Waals surface area contributed by atoms with Gasteiger partial charge in [-0.3, -0.25) is 4.79 Å². The number of rotatable bonds is 4. The Morgan fingerprint density at radius 1 is 1.16 bits per heavy atom. The van der Waals surface area contributed by atoms with Crippen molar-refractivity contribution in [3.8, 4) is 0 Å². The van der Waals surface area contributed by atoms with Crippen LogP contribution in [0.3, 0.4) is 0 Å². The van der Waals surface area contributed by atoms with Crippen LogP contribution in [0.15, 0.2) is 18.2 Å². The van der Waals surface area contributed by atoms with E-state index in [1.165, 1.54) is 36.8 Å². The van der Waals surface area contributed by atoms with Gasteiger partial charge in [-0.25, -0.2) is 0 Å². The van der Waals surface area contributed by atoms with Crippen molar-refractivity contribution in [2.75, 3.05) is 13.6 Å².